The van der Waals surface area contributed by atoms with Crippen LogP contribution in [0.25, 0.3) is 0 Å². The number of nitrogens with one attached hydrogen (secondary N) is 1. The summed E-state index contributed by atoms with van der Waals surface area (Å²) < 4.78 is 4.75. The molecular weight excluding hydrogens is 246 g/mol. The van der Waals surface area contributed by atoms with E-state index in [9.17, 15) is 4.79 Å². The average Bonchev–Trinajstić information content (AvgIpc) is 3.07. The maximum absolute atomic E-state index is 11.3. The van der Waals surface area contributed by atoms with Crippen molar-refractivity contribution in [2.24, 2.45) is 11.3 Å². The Labute approximate surface area is 115 Å². The van der Waals surface area contributed by atoms with Gasteiger partial charge in [0.05, 0.1) is 13.5 Å². The quantitative estimate of drug-likeness (QED) is 0.490. The molecule has 1 aliphatic carbocycles. The SMILES string of the molecule is COC(=O)CC1(CSCCCNCC(C)C)CC1. The molecule has 18 heavy (non-hydrogen) atoms. The van der Waals surface area contributed by atoms with Crippen LogP contribution in [0.15, 0.2) is 0 Å². The molecule has 0 aromatic heterocycles. The Hall–Kier alpha value is -0.220. The van der Waals surface area contributed by atoms with E-state index in [1.165, 1.54) is 32.1 Å². The Kier molecular flexibility index (Phi) is 7.08. The Balaban J connectivity index is 1.96. The zero-order valence-electron chi connectivity index (χ0n) is 12.0. The van der Waals surface area contributed by atoms with Crippen LogP contribution in [-0.2, 0) is 9.53 Å². The van der Waals surface area contributed by atoms with Crippen molar-refractivity contribution in [3.05, 3.63) is 0 Å². The molecule has 0 heterocycles. The Morgan fingerprint density at radius 1 is 1.44 bits per heavy atom. The minimum absolute atomic E-state index is 0.0494. The number of rotatable bonds is 10. The highest BCUT2D eigenvalue weighted by Crippen LogP contribution is 2.51. The molecule has 0 amide bonds. The summed E-state index contributed by atoms with van der Waals surface area (Å²) in [6, 6.07) is 0. The molecule has 3 nitrogen and oxygen atoms in total. The van der Waals surface area contributed by atoms with Gasteiger partial charge in [-0.2, -0.15) is 11.8 Å². The van der Waals surface area contributed by atoms with Crippen LogP contribution in [-0.4, -0.2) is 37.7 Å². The van der Waals surface area contributed by atoms with Crippen molar-refractivity contribution in [3.63, 3.8) is 0 Å². The van der Waals surface area contributed by atoms with E-state index >= 15 is 0 Å². The molecule has 1 aliphatic rings. The number of ether oxygens (including phenoxy) is 1. The lowest BCUT2D eigenvalue weighted by molar-refractivity contribution is -0.141. The lowest BCUT2D eigenvalue weighted by Crippen LogP contribution is -2.21. The molecule has 1 fully saturated rings. The number of hydrogen-bond donors (Lipinski definition) is 1. The molecule has 0 saturated heterocycles. The first kappa shape index (κ1) is 15.8. The second-order valence-electron chi connectivity index (χ2n) is 5.76. The number of esters is 1. The lowest BCUT2D eigenvalue weighted by atomic mass is 10.1. The number of thioether (sulfide) groups is 1. The molecule has 1 saturated carbocycles. The maximum atomic E-state index is 11.3. The Bertz CT molecular complexity index is 252. The van der Waals surface area contributed by atoms with Crippen molar-refractivity contribution in [1.82, 2.24) is 5.32 Å². The van der Waals surface area contributed by atoms with Crippen molar-refractivity contribution in [2.45, 2.75) is 39.5 Å². The molecule has 1 rings (SSSR count). The summed E-state index contributed by atoms with van der Waals surface area (Å²) in [5, 5.41) is 3.45. The second kappa shape index (κ2) is 8.05. The van der Waals surface area contributed by atoms with E-state index < -0.39 is 0 Å². The van der Waals surface area contributed by atoms with Crippen molar-refractivity contribution in [3.8, 4) is 0 Å². The third kappa shape index (κ3) is 6.64. The van der Waals surface area contributed by atoms with Crippen LogP contribution >= 0.6 is 11.8 Å². The van der Waals surface area contributed by atoms with Crippen molar-refractivity contribution in [1.29, 1.82) is 0 Å². The predicted molar refractivity (Wildman–Crippen MR) is 77.9 cm³/mol. The summed E-state index contributed by atoms with van der Waals surface area (Å²) in [6.07, 6.45) is 4.22. The largest absolute Gasteiger partial charge is 0.469 e. The van der Waals surface area contributed by atoms with Crippen LogP contribution in [0.1, 0.15) is 39.5 Å². The molecule has 4 heteroatoms. The summed E-state index contributed by atoms with van der Waals surface area (Å²) in [5.74, 6) is 2.99. The summed E-state index contributed by atoms with van der Waals surface area (Å²) in [6.45, 7) is 6.67. The van der Waals surface area contributed by atoms with Gasteiger partial charge in [0.1, 0.15) is 0 Å². The van der Waals surface area contributed by atoms with Crippen molar-refractivity contribution in [2.75, 3.05) is 31.7 Å². The molecular formula is C14H27NO2S. The van der Waals surface area contributed by atoms with Crippen LogP contribution in [0, 0.1) is 11.3 Å². The highest BCUT2D eigenvalue weighted by Gasteiger charge is 2.44. The molecule has 0 spiro atoms. The van der Waals surface area contributed by atoms with Crippen molar-refractivity contribution >= 4 is 17.7 Å². The van der Waals surface area contributed by atoms with E-state index in [1.807, 2.05) is 11.8 Å². The van der Waals surface area contributed by atoms with E-state index in [4.69, 9.17) is 4.74 Å². The zero-order chi connectivity index (χ0) is 13.4. The van der Waals surface area contributed by atoms with Crippen LogP contribution < -0.4 is 5.32 Å². The van der Waals surface area contributed by atoms with Gasteiger partial charge in [-0.3, -0.25) is 4.79 Å². The molecule has 0 bridgehead atoms. The third-order valence-corrected chi connectivity index (χ3v) is 4.70. The minimum atomic E-state index is -0.0494. The predicted octanol–water partition coefficient (Wildman–Crippen LogP) is 2.70. The topological polar surface area (TPSA) is 38.3 Å². The third-order valence-electron chi connectivity index (χ3n) is 3.31. The summed E-state index contributed by atoms with van der Waals surface area (Å²) in [5.41, 5.74) is 0.281. The Morgan fingerprint density at radius 3 is 2.72 bits per heavy atom. The van der Waals surface area contributed by atoms with Crippen LogP contribution in [0.2, 0.25) is 0 Å². The molecule has 0 unspecified atom stereocenters. The fourth-order valence-electron chi connectivity index (χ4n) is 1.91. The highest BCUT2D eigenvalue weighted by molar-refractivity contribution is 7.99. The van der Waals surface area contributed by atoms with Gasteiger partial charge < -0.3 is 10.1 Å². The molecule has 1 N–H and O–H groups in total. The van der Waals surface area contributed by atoms with Gasteiger partial charge >= 0.3 is 5.97 Å². The van der Waals surface area contributed by atoms with Crippen LogP contribution in [0.3, 0.4) is 0 Å². The van der Waals surface area contributed by atoms with Gasteiger partial charge in [-0.15, -0.1) is 0 Å². The maximum Gasteiger partial charge on any atom is 0.306 e. The summed E-state index contributed by atoms with van der Waals surface area (Å²) >= 11 is 1.99. The summed E-state index contributed by atoms with van der Waals surface area (Å²) in [7, 11) is 1.48. The number of carbonyl (C=O) groups excluding carboxylic acids is 1. The number of hydrogen-bond acceptors (Lipinski definition) is 4. The van der Waals surface area contributed by atoms with Gasteiger partial charge in [0.15, 0.2) is 0 Å². The normalized spacial score (nSPS) is 16.9. The van der Waals surface area contributed by atoms with Gasteiger partial charge in [-0.05, 0) is 55.2 Å². The van der Waals surface area contributed by atoms with Crippen LogP contribution in [0.5, 0.6) is 0 Å². The van der Waals surface area contributed by atoms with Gasteiger partial charge in [0, 0.05) is 0 Å². The van der Waals surface area contributed by atoms with E-state index in [-0.39, 0.29) is 11.4 Å². The average molecular weight is 273 g/mol. The van der Waals surface area contributed by atoms with Gasteiger partial charge in [0.2, 0.25) is 0 Å². The second-order valence-corrected chi connectivity index (χ2v) is 6.86. The van der Waals surface area contributed by atoms with Gasteiger partial charge in [-0.1, -0.05) is 13.8 Å². The molecule has 0 atom stereocenters. The fourth-order valence-corrected chi connectivity index (χ4v) is 3.22. The van der Waals surface area contributed by atoms with Gasteiger partial charge in [-0.25, -0.2) is 0 Å². The van der Waals surface area contributed by atoms with E-state index in [2.05, 4.69) is 19.2 Å². The molecule has 0 radical (unpaired) electrons. The minimum Gasteiger partial charge on any atom is -0.469 e. The van der Waals surface area contributed by atoms with Crippen LogP contribution in [0.4, 0.5) is 0 Å². The first-order chi connectivity index (χ1) is 8.58. The molecule has 0 aliphatic heterocycles. The number of methoxy groups -OCH3 is 1. The first-order valence-electron chi connectivity index (χ1n) is 6.93. The van der Waals surface area contributed by atoms with Crippen molar-refractivity contribution < 1.29 is 9.53 Å². The zero-order valence-corrected chi connectivity index (χ0v) is 12.8. The molecule has 0 aromatic carbocycles. The monoisotopic (exact) mass is 273 g/mol. The first-order valence-corrected chi connectivity index (χ1v) is 8.09. The fraction of sp³-hybridized carbons (Fsp3) is 0.929. The number of carbonyl (C=O) groups is 1. The summed E-state index contributed by atoms with van der Waals surface area (Å²) in [4.78, 5) is 11.3. The van der Waals surface area contributed by atoms with E-state index in [0.29, 0.717) is 6.42 Å². The standard InChI is InChI=1S/C14H27NO2S/c1-12(2)10-15-7-4-8-18-11-14(5-6-14)9-13(16)17-3/h12,15H,4-11H2,1-3H3. The highest BCUT2D eigenvalue weighted by atomic mass is 32.2. The molecule has 0 aromatic rings. The lowest BCUT2D eigenvalue weighted by Gasteiger charge is -2.13. The van der Waals surface area contributed by atoms with E-state index in [1.54, 1.807) is 0 Å². The smallest absolute Gasteiger partial charge is 0.306 e. The molecule has 106 valence electrons. The van der Waals surface area contributed by atoms with E-state index in [0.717, 1.165) is 24.8 Å². The Morgan fingerprint density at radius 2 is 2.17 bits per heavy atom. The van der Waals surface area contributed by atoms with Gasteiger partial charge in [0.25, 0.3) is 0 Å².